The molecule has 0 saturated carbocycles. The number of aromatic nitrogens is 4. The first-order valence-electron chi connectivity index (χ1n) is 9.58. The molecule has 0 fully saturated rings. The summed E-state index contributed by atoms with van der Waals surface area (Å²) in [4.78, 5) is 12.6. The van der Waals surface area contributed by atoms with Gasteiger partial charge in [0.05, 0.1) is 18.1 Å². The standard InChI is InChI=1S/C23H18N8/c24-11-6-12-31-15-17(19-9-4-5-10-20(19)31)13-16(14-25)21-28-22(26)30-23(29-21)27-18-7-2-1-3-8-18/h1-5,7-10,13,15H,6,12H2,(H3,26,27,28,29,30)/b16-13-. The van der Waals surface area contributed by atoms with E-state index in [1.54, 1.807) is 6.08 Å². The van der Waals surface area contributed by atoms with Crippen LogP contribution in [0.15, 0.2) is 60.8 Å². The molecule has 8 heteroatoms. The number of anilines is 3. The SMILES string of the molecule is N#CCCn1cc(/C=C(/C#N)c2nc(N)nc(Nc3ccccc3)n2)c2ccccc21. The van der Waals surface area contributed by atoms with Crippen LogP contribution in [0.3, 0.4) is 0 Å². The van der Waals surface area contributed by atoms with Gasteiger partial charge >= 0.3 is 0 Å². The minimum Gasteiger partial charge on any atom is -0.368 e. The van der Waals surface area contributed by atoms with Crippen molar-refractivity contribution in [3.63, 3.8) is 0 Å². The van der Waals surface area contributed by atoms with Crippen molar-refractivity contribution < 1.29 is 0 Å². The zero-order valence-electron chi connectivity index (χ0n) is 16.5. The maximum Gasteiger partial charge on any atom is 0.232 e. The minimum absolute atomic E-state index is 0.0148. The smallest absolute Gasteiger partial charge is 0.232 e. The van der Waals surface area contributed by atoms with E-state index in [9.17, 15) is 5.26 Å². The zero-order valence-corrected chi connectivity index (χ0v) is 16.5. The van der Waals surface area contributed by atoms with E-state index in [0.717, 1.165) is 22.2 Å². The summed E-state index contributed by atoms with van der Waals surface area (Å²) in [5.74, 6) is 0.453. The van der Waals surface area contributed by atoms with Gasteiger partial charge in [-0.1, -0.05) is 36.4 Å². The number of nitrogens with zero attached hydrogens (tertiary/aromatic N) is 6. The topological polar surface area (TPSA) is 129 Å². The van der Waals surface area contributed by atoms with E-state index < -0.39 is 0 Å². The first kappa shape index (κ1) is 19.6. The van der Waals surface area contributed by atoms with Gasteiger partial charge < -0.3 is 15.6 Å². The van der Waals surface area contributed by atoms with Gasteiger partial charge in [0, 0.05) is 34.9 Å². The summed E-state index contributed by atoms with van der Waals surface area (Å²) in [5.41, 5.74) is 8.75. The molecule has 0 aliphatic heterocycles. The molecule has 0 aliphatic rings. The van der Waals surface area contributed by atoms with E-state index in [0.29, 0.717) is 13.0 Å². The molecule has 0 atom stereocenters. The number of benzene rings is 2. The van der Waals surface area contributed by atoms with Gasteiger partial charge in [-0.2, -0.15) is 25.5 Å². The van der Waals surface area contributed by atoms with Gasteiger partial charge in [0.2, 0.25) is 11.9 Å². The molecule has 2 aromatic carbocycles. The van der Waals surface area contributed by atoms with Crippen molar-refractivity contribution in [2.24, 2.45) is 0 Å². The molecule has 3 N–H and O–H groups in total. The first-order valence-corrected chi connectivity index (χ1v) is 9.58. The molecule has 0 aliphatic carbocycles. The van der Waals surface area contributed by atoms with E-state index >= 15 is 0 Å². The second-order valence-corrected chi connectivity index (χ2v) is 6.70. The van der Waals surface area contributed by atoms with E-state index in [1.807, 2.05) is 65.4 Å². The molecule has 0 bridgehead atoms. The Morgan fingerprint density at radius 1 is 1.03 bits per heavy atom. The number of nitrogen functional groups attached to an aromatic ring is 1. The molecule has 0 unspecified atom stereocenters. The average Bonchev–Trinajstić information content (AvgIpc) is 3.13. The predicted molar refractivity (Wildman–Crippen MR) is 120 cm³/mol. The molecule has 31 heavy (non-hydrogen) atoms. The number of allylic oxidation sites excluding steroid dienone is 1. The maximum absolute atomic E-state index is 9.80. The lowest BCUT2D eigenvalue weighted by Gasteiger charge is -2.06. The summed E-state index contributed by atoms with van der Waals surface area (Å²) < 4.78 is 2.00. The van der Waals surface area contributed by atoms with Gasteiger partial charge in [-0.3, -0.25) is 0 Å². The van der Waals surface area contributed by atoms with Crippen LogP contribution < -0.4 is 11.1 Å². The maximum atomic E-state index is 9.80. The predicted octanol–water partition coefficient (Wildman–Crippen LogP) is 4.13. The lowest BCUT2D eigenvalue weighted by molar-refractivity contribution is 0.744. The number of hydrogen-bond donors (Lipinski definition) is 2. The normalized spacial score (nSPS) is 11.1. The second-order valence-electron chi connectivity index (χ2n) is 6.70. The summed E-state index contributed by atoms with van der Waals surface area (Å²) in [6.45, 7) is 0.566. The van der Waals surface area contributed by atoms with Crippen molar-refractivity contribution in [1.82, 2.24) is 19.5 Å². The van der Waals surface area contributed by atoms with Crippen molar-refractivity contribution in [1.29, 1.82) is 10.5 Å². The van der Waals surface area contributed by atoms with Crippen LogP contribution >= 0.6 is 0 Å². The van der Waals surface area contributed by atoms with E-state index in [1.165, 1.54) is 0 Å². The number of rotatable bonds is 6. The monoisotopic (exact) mass is 406 g/mol. The fourth-order valence-electron chi connectivity index (χ4n) is 3.27. The number of hydrogen-bond acceptors (Lipinski definition) is 7. The van der Waals surface area contributed by atoms with Gasteiger partial charge in [0.1, 0.15) is 6.07 Å². The lowest BCUT2D eigenvalue weighted by Crippen LogP contribution is -2.06. The Morgan fingerprint density at radius 2 is 1.81 bits per heavy atom. The Kier molecular flexibility index (Phi) is 5.55. The van der Waals surface area contributed by atoms with Crippen LogP contribution in [0.2, 0.25) is 0 Å². The first-order chi connectivity index (χ1) is 15.2. The van der Waals surface area contributed by atoms with Crippen LogP contribution in [0.4, 0.5) is 17.6 Å². The van der Waals surface area contributed by atoms with E-state index in [2.05, 4.69) is 32.4 Å². The van der Waals surface area contributed by atoms with Gasteiger partial charge in [-0.05, 0) is 24.3 Å². The summed E-state index contributed by atoms with van der Waals surface area (Å²) in [6.07, 6.45) is 4.05. The van der Waals surface area contributed by atoms with Crippen LogP contribution in [0.1, 0.15) is 17.8 Å². The minimum atomic E-state index is 0.0148. The van der Waals surface area contributed by atoms with Crippen molar-refractivity contribution in [2.75, 3.05) is 11.1 Å². The summed E-state index contributed by atoms with van der Waals surface area (Å²) in [7, 11) is 0. The molecule has 2 heterocycles. The fraction of sp³-hybridized carbons (Fsp3) is 0.0870. The number of fused-ring (bicyclic) bond motifs is 1. The Labute approximate surface area is 178 Å². The Morgan fingerprint density at radius 3 is 2.58 bits per heavy atom. The largest absolute Gasteiger partial charge is 0.368 e. The highest BCUT2D eigenvalue weighted by atomic mass is 15.2. The molecule has 8 nitrogen and oxygen atoms in total. The molecule has 0 spiro atoms. The highest BCUT2D eigenvalue weighted by Gasteiger charge is 2.13. The number of aryl methyl sites for hydroxylation is 1. The molecular weight excluding hydrogens is 388 g/mol. The molecule has 0 amide bonds. The molecular formula is C23H18N8. The van der Waals surface area contributed by atoms with Gasteiger partial charge in [0.25, 0.3) is 0 Å². The van der Waals surface area contributed by atoms with Crippen molar-refractivity contribution in [3.05, 3.63) is 72.2 Å². The van der Waals surface area contributed by atoms with Gasteiger partial charge in [0.15, 0.2) is 5.82 Å². The number of para-hydroxylation sites is 2. The van der Waals surface area contributed by atoms with Crippen LogP contribution in [0.25, 0.3) is 22.6 Å². The zero-order chi connectivity index (χ0) is 21.6. The Hall–Kier alpha value is -4.69. The number of nitrogens with one attached hydrogen (secondary N) is 1. The number of nitriles is 2. The van der Waals surface area contributed by atoms with Gasteiger partial charge in [-0.15, -0.1) is 0 Å². The van der Waals surface area contributed by atoms with Gasteiger partial charge in [-0.25, -0.2) is 0 Å². The molecule has 0 radical (unpaired) electrons. The van der Waals surface area contributed by atoms with Crippen LogP contribution in [-0.4, -0.2) is 19.5 Å². The average molecular weight is 406 g/mol. The molecule has 150 valence electrons. The highest BCUT2D eigenvalue weighted by Crippen LogP contribution is 2.26. The van der Waals surface area contributed by atoms with Crippen LogP contribution in [0.5, 0.6) is 0 Å². The summed E-state index contributed by atoms with van der Waals surface area (Å²) in [6, 6.07) is 21.6. The summed E-state index contributed by atoms with van der Waals surface area (Å²) >= 11 is 0. The highest BCUT2D eigenvalue weighted by molar-refractivity contribution is 5.97. The lowest BCUT2D eigenvalue weighted by atomic mass is 10.1. The quantitative estimate of drug-likeness (QED) is 0.460. The van der Waals surface area contributed by atoms with Crippen molar-refractivity contribution >= 4 is 40.1 Å². The fourth-order valence-corrected chi connectivity index (χ4v) is 3.27. The third-order valence-electron chi connectivity index (χ3n) is 4.63. The van der Waals surface area contributed by atoms with E-state index in [-0.39, 0.29) is 23.3 Å². The van der Waals surface area contributed by atoms with Crippen LogP contribution in [0, 0.1) is 22.7 Å². The molecule has 4 aromatic rings. The molecule has 0 saturated heterocycles. The Bertz CT molecular complexity index is 1340. The third-order valence-corrected chi connectivity index (χ3v) is 4.63. The number of nitrogens with two attached hydrogens (primary N) is 1. The van der Waals surface area contributed by atoms with E-state index in [4.69, 9.17) is 11.0 Å². The Balaban J connectivity index is 1.74. The molecule has 4 rings (SSSR count). The van der Waals surface area contributed by atoms with Crippen molar-refractivity contribution in [2.45, 2.75) is 13.0 Å². The van der Waals surface area contributed by atoms with Crippen LogP contribution in [-0.2, 0) is 6.54 Å². The van der Waals surface area contributed by atoms with Crippen molar-refractivity contribution in [3.8, 4) is 12.1 Å². The third kappa shape index (κ3) is 4.34. The second kappa shape index (κ2) is 8.76. The molecule has 2 aromatic heterocycles. The summed E-state index contributed by atoms with van der Waals surface area (Å²) in [5, 5.41) is 22.8.